The van der Waals surface area contributed by atoms with Gasteiger partial charge >= 0.3 is 0 Å². The number of nitrogens with zero attached hydrogens (tertiary/aromatic N) is 3. The first-order chi connectivity index (χ1) is 11.8. The summed E-state index contributed by atoms with van der Waals surface area (Å²) in [6, 6.07) is 18.7. The van der Waals surface area contributed by atoms with Crippen molar-refractivity contribution in [2.75, 3.05) is 20.1 Å². The van der Waals surface area contributed by atoms with Crippen LogP contribution >= 0.6 is 0 Å². The molecule has 0 amide bonds. The molecule has 0 aliphatic carbocycles. The second-order valence-corrected chi connectivity index (χ2v) is 6.48. The van der Waals surface area contributed by atoms with E-state index < -0.39 is 0 Å². The van der Waals surface area contributed by atoms with Gasteiger partial charge in [0.25, 0.3) is 5.89 Å². The molecule has 0 N–H and O–H groups in total. The van der Waals surface area contributed by atoms with E-state index >= 15 is 0 Å². The van der Waals surface area contributed by atoms with Crippen LogP contribution in [-0.2, 0) is 0 Å². The highest BCUT2D eigenvalue weighted by Crippen LogP contribution is 2.28. The van der Waals surface area contributed by atoms with Gasteiger partial charge in [0.2, 0.25) is 0 Å². The summed E-state index contributed by atoms with van der Waals surface area (Å²) in [6.45, 7) is 2.20. The molecule has 1 aliphatic rings. The molecule has 1 aliphatic heterocycles. The lowest BCUT2D eigenvalue weighted by molar-refractivity contribution is 0.248. The van der Waals surface area contributed by atoms with E-state index in [0.717, 1.165) is 37.3 Å². The Morgan fingerprint density at radius 1 is 0.875 bits per heavy atom. The highest BCUT2D eigenvalue weighted by atomic mass is 16.5. The monoisotopic (exact) mass is 319 g/mol. The second-order valence-electron chi connectivity index (χ2n) is 6.48. The Morgan fingerprint density at radius 3 is 2.21 bits per heavy atom. The zero-order chi connectivity index (χ0) is 16.4. The van der Waals surface area contributed by atoms with Crippen molar-refractivity contribution >= 4 is 0 Å². The fourth-order valence-electron chi connectivity index (χ4n) is 3.22. The van der Waals surface area contributed by atoms with E-state index in [9.17, 15) is 0 Å². The van der Waals surface area contributed by atoms with Gasteiger partial charge in [-0.15, -0.1) is 0 Å². The van der Waals surface area contributed by atoms with E-state index in [0.29, 0.717) is 11.8 Å². The first kappa shape index (κ1) is 15.1. The quantitative estimate of drug-likeness (QED) is 0.725. The van der Waals surface area contributed by atoms with Crippen LogP contribution in [0.2, 0.25) is 0 Å². The molecule has 0 saturated carbocycles. The number of likely N-dealkylation sites (tertiary alicyclic amines) is 1. The maximum Gasteiger partial charge on any atom is 0.257 e. The molecule has 4 nitrogen and oxygen atoms in total. The van der Waals surface area contributed by atoms with Crippen LogP contribution in [0.15, 0.2) is 59.1 Å². The molecule has 0 atom stereocenters. The van der Waals surface area contributed by atoms with Gasteiger partial charge in [0.05, 0.1) is 0 Å². The third kappa shape index (κ3) is 3.10. The van der Waals surface area contributed by atoms with Gasteiger partial charge in [0.1, 0.15) is 0 Å². The standard InChI is InChI=1S/C20H21N3O/c1-23-13-11-17(12-14-23)19-21-20(24-22-19)18-9-7-16(8-10-18)15-5-3-2-4-6-15/h2-10,17H,11-14H2,1H3. The number of hydrogen-bond donors (Lipinski definition) is 0. The summed E-state index contributed by atoms with van der Waals surface area (Å²) < 4.78 is 5.50. The highest BCUT2D eigenvalue weighted by molar-refractivity contribution is 5.67. The van der Waals surface area contributed by atoms with Gasteiger partial charge in [-0.1, -0.05) is 47.6 Å². The van der Waals surface area contributed by atoms with E-state index in [1.165, 1.54) is 11.1 Å². The third-order valence-corrected chi connectivity index (χ3v) is 4.76. The number of piperidine rings is 1. The van der Waals surface area contributed by atoms with Crippen molar-refractivity contribution in [3.63, 3.8) is 0 Å². The molecule has 24 heavy (non-hydrogen) atoms. The molecule has 0 spiro atoms. The topological polar surface area (TPSA) is 42.2 Å². The maximum atomic E-state index is 5.50. The number of hydrogen-bond acceptors (Lipinski definition) is 4. The summed E-state index contributed by atoms with van der Waals surface area (Å²) in [5.74, 6) is 1.89. The van der Waals surface area contributed by atoms with E-state index in [-0.39, 0.29) is 0 Å². The molecule has 0 bridgehead atoms. The Hall–Kier alpha value is -2.46. The van der Waals surface area contributed by atoms with E-state index in [2.05, 4.69) is 58.5 Å². The lowest BCUT2D eigenvalue weighted by Gasteiger charge is -2.26. The minimum atomic E-state index is 0.419. The van der Waals surface area contributed by atoms with Gasteiger partial charge < -0.3 is 9.42 Å². The zero-order valence-electron chi connectivity index (χ0n) is 13.9. The number of benzene rings is 2. The van der Waals surface area contributed by atoms with Crippen molar-refractivity contribution in [3.05, 3.63) is 60.4 Å². The third-order valence-electron chi connectivity index (χ3n) is 4.76. The average molecular weight is 319 g/mol. The largest absolute Gasteiger partial charge is 0.334 e. The van der Waals surface area contributed by atoms with Gasteiger partial charge in [-0.05, 0) is 56.2 Å². The first-order valence-electron chi connectivity index (χ1n) is 8.47. The molecule has 1 aromatic heterocycles. The van der Waals surface area contributed by atoms with Gasteiger partial charge in [-0.25, -0.2) is 0 Å². The molecule has 1 fully saturated rings. The molecule has 1 saturated heterocycles. The number of aromatic nitrogens is 2. The normalized spacial score (nSPS) is 16.4. The van der Waals surface area contributed by atoms with Crippen LogP contribution in [0.5, 0.6) is 0 Å². The first-order valence-corrected chi connectivity index (χ1v) is 8.47. The summed E-state index contributed by atoms with van der Waals surface area (Å²) in [5, 5.41) is 4.22. The van der Waals surface area contributed by atoms with Gasteiger partial charge in [0.15, 0.2) is 5.82 Å². The molecule has 0 radical (unpaired) electrons. The fraction of sp³-hybridized carbons (Fsp3) is 0.300. The van der Waals surface area contributed by atoms with Crippen molar-refractivity contribution in [2.24, 2.45) is 0 Å². The summed E-state index contributed by atoms with van der Waals surface area (Å²) in [4.78, 5) is 6.98. The number of rotatable bonds is 3. The van der Waals surface area contributed by atoms with Gasteiger partial charge in [-0.2, -0.15) is 4.98 Å². The highest BCUT2D eigenvalue weighted by Gasteiger charge is 2.23. The maximum absolute atomic E-state index is 5.50. The van der Waals surface area contributed by atoms with E-state index in [1.807, 2.05) is 18.2 Å². The molecular weight excluding hydrogens is 298 g/mol. The lowest BCUT2D eigenvalue weighted by Crippen LogP contribution is -2.29. The van der Waals surface area contributed by atoms with E-state index in [4.69, 9.17) is 4.52 Å². The Bertz CT molecular complexity index is 787. The van der Waals surface area contributed by atoms with Crippen LogP contribution in [0.3, 0.4) is 0 Å². The summed E-state index contributed by atoms with van der Waals surface area (Å²) in [5.41, 5.74) is 3.37. The van der Waals surface area contributed by atoms with Crippen LogP contribution < -0.4 is 0 Å². The smallest absolute Gasteiger partial charge is 0.257 e. The summed E-state index contributed by atoms with van der Waals surface area (Å²) in [7, 11) is 2.16. The minimum absolute atomic E-state index is 0.419. The Labute approximate surface area is 142 Å². The molecule has 3 aromatic rings. The van der Waals surface area contributed by atoms with Gasteiger partial charge in [-0.3, -0.25) is 0 Å². The van der Waals surface area contributed by atoms with Crippen LogP contribution in [0, 0.1) is 0 Å². The summed E-state index contributed by atoms with van der Waals surface area (Å²) >= 11 is 0. The van der Waals surface area contributed by atoms with Crippen molar-refractivity contribution in [3.8, 4) is 22.6 Å². The zero-order valence-corrected chi connectivity index (χ0v) is 13.9. The summed E-state index contributed by atoms with van der Waals surface area (Å²) in [6.07, 6.45) is 2.20. The van der Waals surface area contributed by atoms with Crippen LogP contribution in [0.25, 0.3) is 22.6 Å². The second kappa shape index (κ2) is 6.57. The molecule has 2 aromatic carbocycles. The van der Waals surface area contributed by atoms with Crippen molar-refractivity contribution in [2.45, 2.75) is 18.8 Å². The van der Waals surface area contributed by atoms with Gasteiger partial charge in [0, 0.05) is 11.5 Å². The Morgan fingerprint density at radius 2 is 1.50 bits per heavy atom. The van der Waals surface area contributed by atoms with Crippen LogP contribution in [0.1, 0.15) is 24.6 Å². The lowest BCUT2D eigenvalue weighted by atomic mass is 9.96. The van der Waals surface area contributed by atoms with Crippen molar-refractivity contribution < 1.29 is 4.52 Å². The van der Waals surface area contributed by atoms with Crippen LogP contribution in [-0.4, -0.2) is 35.2 Å². The molecule has 2 heterocycles. The predicted molar refractivity (Wildman–Crippen MR) is 94.6 cm³/mol. The van der Waals surface area contributed by atoms with E-state index in [1.54, 1.807) is 0 Å². The van der Waals surface area contributed by atoms with Crippen LogP contribution in [0.4, 0.5) is 0 Å². The Kier molecular flexibility index (Phi) is 4.13. The van der Waals surface area contributed by atoms with Crippen molar-refractivity contribution in [1.82, 2.24) is 15.0 Å². The molecule has 4 rings (SSSR count). The SMILES string of the molecule is CN1CCC(c2noc(-c3ccc(-c4ccccc4)cc3)n2)CC1. The Balaban J connectivity index is 1.52. The fourth-order valence-corrected chi connectivity index (χ4v) is 3.22. The molecule has 122 valence electrons. The predicted octanol–water partition coefficient (Wildman–Crippen LogP) is 4.21. The molecule has 0 unspecified atom stereocenters. The van der Waals surface area contributed by atoms with Crippen molar-refractivity contribution in [1.29, 1.82) is 0 Å². The average Bonchev–Trinajstić information content (AvgIpc) is 3.13. The molecular formula is C20H21N3O. The molecule has 4 heteroatoms. The minimum Gasteiger partial charge on any atom is -0.334 e.